The number of nitriles is 1. The molecule has 0 bridgehead atoms. The van der Waals surface area contributed by atoms with Crippen molar-refractivity contribution in [2.45, 2.75) is 6.92 Å². The highest BCUT2D eigenvalue weighted by molar-refractivity contribution is 5.62. The van der Waals surface area contributed by atoms with Gasteiger partial charge in [0.05, 0.1) is 6.07 Å². The van der Waals surface area contributed by atoms with Gasteiger partial charge in [-0.1, -0.05) is 48.6 Å². The maximum absolute atomic E-state index is 9.00. The first kappa shape index (κ1) is 13.7. The van der Waals surface area contributed by atoms with Gasteiger partial charge in [-0.15, -0.1) is 0 Å². The van der Waals surface area contributed by atoms with Crippen molar-refractivity contribution in [1.82, 2.24) is 0 Å². The van der Waals surface area contributed by atoms with Gasteiger partial charge in [-0.3, -0.25) is 4.79 Å². The minimum absolute atomic E-state index is 0.833. The molecule has 0 spiro atoms. The summed E-state index contributed by atoms with van der Waals surface area (Å²) in [5.74, 6) is -0.833. The van der Waals surface area contributed by atoms with Crippen LogP contribution in [0.2, 0.25) is 0 Å². The Hall–Kier alpha value is -2.34. The van der Waals surface area contributed by atoms with Crippen LogP contribution in [0, 0.1) is 11.3 Å². The van der Waals surface area contributed by atoms with Crippen LogP contribution in [-0.2, 0) is 4.79 Å². The molecule has 1 aromatic carbocycles. The Morgan fingerprint density at radius 1 is 1.31 bits per heavy atom. The van der Waals surface area contributed by atoms with Gasteiger partial charge in [0.15, 0.2) is 0 Å². The van der Waals surface area contributed by atoms with Crippen molar-refractivity contribution in [3.63, 3.8) is 0 Å². The molecule has 0 atom stereocenters. The Kier molecular flexibility index (Phi) is 7.88. The second kappa shape index (κ2) is 9.22. The Labute approximate surface area is 95.0 Å². The predicted octanol–water partition coefficient (Wildman–Crippen LogP) is 2.87. The monoisotopic (exact) mass is 215 g/mol. The van der Waals surface area contributed by atoms with E-state index in [0.717, 1.165) is 12.5 Å². The summed E-state index contributed by atoms with van der Waals surface area (Å²) < 4.78 is 0. The number of carboxylic acid groups (broad SMARTS) is 1. The van der Waals surface area contributed by atoms with Gasteiger partial charge in [-0.25, -0.2) is 0 Å². The van der Waals surface area contributed by atoms with Gasteiger partial charge in [0.1, 0.15) is 0 Å². The summed E-state index contributed by atoms with van der Waals surface area (Å²) in [4.78, 5) is 9.00. The van der Waals surface area contributed by atoms with Crippen molar-refractivity contribution in [2.24, 2.45) is 0 Å². The lowest BCUT2D eigenvalue weighted by Gasteiger charge is -1.87. The molecule has 0 aliphatic rings. The summed E-state index contributed by atoms with van der Waals surface area (Å²) in [5, 5.41) is 15.6. The second-order valence-corrected chi connectivity index (χ2v) is 2.78. The molecule has 0 aromatic heterocycles. The Morgan fingerprint density at radius 3 is 2.38 bits per heavy atom. The Balaban J connectivity index is 0.000000487. The van der Waals surface area contributed by atoms with Crippen LogP contribution in [-0.4, -0.2) is 11.1 Å². The van der Waals surface area contributed by atoms with E-state index in [4.69, 9.17) is 15.2 Å². The average Bonchev–Trinajstić information content (AvgIpc) is 2.25. The average molecular weight is 215 g/mol. The lowest BCUT2D eigenvalue weighted by Crippen LogP contribution is -1.78. The van der Waals surface area contributed by atoms with Crippen LogP contribution >= 0.6 is 0 Å². The Morgan fingerprint density at radius 2 is 1.88 bits per heavy atom. The standard InChI is InChI=1S/C11H9N.C2H4O2/c12-10-6-2-5-9-11-7-3-1-4-8-11;1-2(3)4/h1-9H;1H3,(H,3,4). The van der Waals surface area contributed by atoms with Crippen LogP contribution in [0.5, 0.6) is 0 Å². The topological polar surface area (TPSA) is 61.1 Å². The van der Waals surface area contributed by atoms with Crippen LogP contribution in [0.3, 0.4) is 0 Å². The normalized spacial score (nSPS) is 9.50. The fourth-order valence-electron chi connectivity index (χ4n) is 0.829. The zero-order chi connectivity index (χ0) is 12.2. The number of rotatable bonds is 2. The molecule has 82 valence electrons. The first-order valence-electron chi connectivity index (χ1n) is 4.64. The minimum atomic E-state index is -0.833. The quantitative estimate of drug-likeness (QED) is 0.609. The number of nitrogens with zero attached hydrogens (tertiary/aromatic N) is 1. The SMILES string of the molecule is CC(=O)O.N#CC=CC=Cc1ccccc1. The van der Waals surface area contributed by atoms with Crippen molar-refractivity contribution in [2.75, 3.05) is 0 Å². The molecule has 0 saturated heterocycles. The lowest BCUT2D eigenvalue weighted by atomic mass is 10.2. The molecule has 0 aliphatic carbocycles. The first-order valence-corrected chi connectivity index (χ1v) is 4.64. The molecule has 1 N–H and O–H groups in total. The van der Waals surface area contributed by atoms with Crippen molar-refractivity contribution < 1.29 is 9.90 Å². The first-order chi connectivity index (χ1) is 7.66. The molecule has 0 saturated carbocycles. The third-order valence-corrected chi connectivity index (χ3v) is 1.37. The van der Waals surface area contributed by atoms with E-state index in [0.29, 0.717) is 0 Å². The van der Waals surface area contributed by atoms with E-state index >= 15 is 0 Å². The van der Waals surface area contributed by atoms with Gasteiger partial charge in [-0.05, 0) is 5.56 Å². The molecule has 0 amide bonds. The van der Waals surface area contributed by atoms with E-state index in [9.17, 15) is 0 Å². The van der Waals surface area contributed by atoms with Crippen LogP contribution in [0.1, 0.15) is 12.5 Å². The summed E-state index contributed by atoms with van der Waals surface area (Å²) in [6.07, 6.45) is 6.96. The highest BCUT2D eigenvalue weighted by Crippen LogP contribution is 2.00. The number of carboxylic acids is 1. The Bertz CT molecular complexity index is 396. The van der Waals surface area contributed by atoms with Crippen molar-refractivity contribution in [3.05, 3.63) is 54.1 Å². The summed E-state index contributed by atoms with van der Waals surface area (Å²) in [6.45, 7) is 1.08. The van der Waals surface area contributed by atoms with Gasteiger partial charge in [0, 0.05) is 13.0 Å². The zero-order valence-electron chi connectivity index (χ0n) is 9.00. The fraction of sp³-hybridized carbons (Fsp3) is 0.0769. The number of aliphatic carboxylic acids is 1. The largest absolute Gasteiger partial charge is 0.481 e. The third kappa shape index (κ3) is 9.75. The number of benzene rings is 1. The van der Waals surface area contributed by atoms with Crippen molar-refractivity contribution in [3.8, 4) is 6.07 Å². The molecule has 3 heteroatoms. The molecule has 0 unspecified atom stereocenters. The molecule has 0 aliphatic heterocycles. The number of hydrogen-bond acceptors (Lipinski definition) is 2. The molecule has 1 rings (SSSR count). The van der Waals surface area contributed by atoms with Crippen LogP contribution in [0.4, 0.5) is 0 Å². The molecular formula is C13H13NO2. The van der Waals surface area contributed by atoms with Gasteiger partial charge in [-0.2, -0.15) is 5.26 Å². The fourth-order valence-corrected chi connectivity index (χ4v) is 0.829. The summed E-state index contributed by atoms with van der Waals surface area (Å²) >= 11 is 0. The van der Waals surface area contributed by atoms with Crippen LogP contribution in [0.15, 0.2) is 48.6 Å². The second-order valence-electron chi connectivity index (χ2n) is 2.78. The van der Waals surface area contributed by atoms with E-state index in [-0.39, 0.29) is 0 Å². The van der Waals surface area contributed by atoms with Crippen molar-refractivity contribution in [1.29, 1.82) is 5.26 Å². The zero-order valence-corrected chi connectivity index (χ0v) is 9.00. The number of carbonyl (C=O) groups is 1. The smallest absolute Gasteiger partial charge is 0.300 e. The van der Waals surface area contributed by atoms with E-state index in [1.807, 2.05) is 48.6 Å². The lowest BCUT2D eigenvalue weighted by molar-refractivity contribution is -0.134. The maximum atomic E-state index is 9.00. The molecule has 16 heavy (non-hydrogen) atoms. The van der Waals surface area contributed by atoms with Crippen LogP contribution in [0.25, 0.3) is 6.08 Å². The molecule has 0 radical (unpaired) electrons. The summed E-state index contributed by atoms with van der Waals surface area (Å²) in [7, 11) is 0. The van der Waals surface area contributed by atoms with E-state index in [1.54, 1.807) is 6.08 Å². The molecule has 1 aromatic rings. The van der Waals surface area contributed by atoms with Crippen molar-refractivity contribution >= 4 is 12.0 Å². The number of allylic oxidation sites excluding steroid dienone is 3. The molecule has 3 nitrogen and oxygen atoms in total. The van der Waals surface area contributed by atoms with E-state index in [2.05, 4.69) is 0 Å². The van der Waals surface area contributed by atoms with Gasteiger partial charge in [0.2, 0.25) is 0 Å². The van der Waals surface area contributed by atoms with Gasteiger partial charge < -0.3 is 5.11 Å². The predicted molar refractivity (Wildman–Crippen MR) is 63.5 cm³/mol. The highest BCUT2D eigenvalue weighted by atomic mass is 16.4. The van der Waals surface area contributed by atoms with E-state index < -0.39 is 5.97 Å². The van der Waals surface area contributed by atoms with Gasteiger partial charge >= 0.3 is 0 Å². The summed E-state index contributed by atoms with van der Waals surface area (Å²) in [6, 6.07) is 11.9. The highest BCUT2D eigenvalue weighted by Gasteiger charge is 1.78. The molecule has 0 fully saturated rings. The van der Waals surface area contributed by atoms with Crippen LogP contribution < -0.4 is 0 Å². The molecular weight excluding hydrogens is 202 g/mol. The summed E-state index contributed by atoms with van der Waals surface area (Å²) in [5.41, 5.74) is 1.14. The number of hydrogen-bond donors (Lipinski definition) is 1. The van der Waals surface area contributed by atoms with Gasteiger partial charge in [0.25, 0.3) is 5.97 Å². The molecule has 0 heterocycles. The minimum Gasteiger partial charge on any atom is -0.481 e. The van der Waals surface area contributed by atoms with E-state index in [1.165, 1.54) is 6.08 Å². The third-order valence-electron chi connectivity index (χ3n) is 1.37. The maximum Gasteiger partial charge on any atom is 0.300 e.